The summed E-state index contributed by atoms with van der Waals surface area (Å²) in [6.07, 6.45) is 4.32. The van der Waals surface area contributed by atoms with Crippen molar-refractivity contribution in [1.82, 2.24) is 5.32 Å². The number of halogens is 2. The van der Waals surface area contributed by atoms with E-state index in [9.17, 15) is 0 Å². The van der Waals surface area contributed by atoms with Gasteiger partial charge >= 0.3 is 0 Å². The number of ether oxygens (including phenoxy) is 1. The van der Waals surface area contributed by atoms with Crippen LogP contribution >= 0.6 is 23.2 Å². The van der Waals surface area contributed by atoms with Gasteiger partial charge in [-0.3, -0.25) is 0 Å². The number of rotatable bonds is 6. The van der Waals surface area contributed by atoms with Crippen LogP contribution in [0.3, 0.4) is 0 Å². The molecular weight excluding hydrogens is 297 g/mol. The molecule has 20 heavy (non-hydrogen) atoms. The molecule has 1 N–H and O–H groups in total. The molecule has 1 saturated carbocycles. The first-order valence-electron chi connectivity index (χ1n) is 6.58. The number of hydrogen-bond acceptors (Lipinski definition) is 3. The Labute approximate surface area is 127 Å². The summed E-state index contributed by atoms with van der Waals surface area (Å²) < 4.78 is 11.1. The highest BCUT2D eigenvalue weighted by Gasteiger charge is 2.20. The van der Waals surface area contributed by atoms with E-state index in [1.54, 1.807) is 24.5 Å². The van der Waals surface area contributed by atoms with E-state index in [4.69, 9.17) is 32.4 Å². The second-order valence-electron chi connectivity index (χ2n) is 4.94. The van der Waals surface area contributed by atoms with Crippen LogP contribution in [0, 0.1) is 0 Å². The van der Waals surface area contributed by atoms with E-state index < -0.39 is 0 Å². The van der Waals surface area contributed by atoms with Gasteiger partial charge in [-0.15, -0.1) is 0 Å². The minimum absolute atomic E-state index is 0.352. The van der Waals surface area contributed by atoms with E-state index in [-0.39, 0.29) is 0 Å². The lowest BCUT2D eigenvalue weighted by Crippen LogP contribution is -2.14. The van der Waals surface area contributed by atoms with Gasteiger partial charge in [-0.1, -0.05) is 23.2 Å². The van der Waals surface area contributed by atoms with Gasteiger partial charge in [0.15, 0.2) is 0 Å². The molecule has 1 aromatic carbocycles. The zero-order valence-corrected chi connectivity index (χ0v) is 12.4. The van der Waals surface area contributed by atoms with Crippen LogP contribution in [0.5, 0.6) is 5.75 Å². The van der Waals surface area contributed by atoms with E-state index in [0.717, 1.165) is 17.9 Å². The first-order chi connectivity index (χ1) is 9.70. The van der Waals surface area contributed by atoms with Crippen molar-refractivity contribution >= 4 is 23.2 Å². The molecule has 3 nitrogen and oxygen atoms in total. The van der Waals surface area contributed by atoms with Crippen molar-refractivity contribution in [1.29, 1.82) is 0 Å². The summed E-state index contributed by atoms with van der Waals surface area (Å²) in [6.45, 7) is 1.20. The lowest BCUT2D eigenvalue weighted by molar-refractivity contribution is 0.270. The van der Waals surface area contributed by atoms with E-state index >= 15 is 0 Å². The van der Waals surface area contributed by atoms with Crippen LogP contribution in [-0.2, 0) is 13.2 Å². The van der Waals surface area contributed by atoms with Crippen LogP contribution in [0.2, 0.25) is 10.0 Å². The standard InChI is InChI=1S/C15H15Cl2NO2/c16-11-1-4-15(14(17)6-11)20-9-13-5-10(8-19-13)7-18-12-2-3-12/h1,4-6,8,12,18H,2-3,7,9H2. The first-order valence-corrected chi connectivity index (χ1v) is 7.34. The highest BCUT2D eigenvalue weighted by Crippen LogP contribution is 2.28. The molecule has 1 heterocycles. The fourth-order valence-corrected chi connectivity index (χ4v) is 2.35. The minimum Gasteiger partial charge on any atom is -0.484 e. The van der Waals surface area contributed by atoms with Crippen LogP contribution in [0.1, 0.15) is 24.2 Å². The van der Waals surface area contributed by atoms with Gasteiger partial charge in [-0.2, -0.15) is 0 Å². The van der Waals surface area contributed by atoms with Crippen LogP contribution in [0.4, 0.5) is 0 Å². The van der Waals surface area contributed by atoms with Gasteiger partial charge in [0.1, 0.15) is 18.1 Å². The molecule has 1 fully saturated rings. The largest absolute Gasteiger partial charge is 0.484 e. The van der Waals surface area contributed by atoms with E-state index in [1.165, 1.54) is 12.8 Å². The fourth-order valence-electron chi connectivity index (χ4n) is 1.89. The predicted octanol–water partition coefficient (Wildman–Crippen LogP) is 4.42. The minimum atomic E-state index is 0.352. The highest BCUT2D eigenvalue weighted by atomic mass is 35.5. The van der Waals surface area contributed by atoms with Crippen molar-refractivity contribution in [2.75, 3.05) is 0 Å². The molecule has 5 heteroatoms. The normalized spacial score (nSPS) is 14.5. The Kier molecular flexibility index (Phi) is 4.20. The number of benzene rings is 1. The average molecular weight is 312 g/mol. The Morgan fingerprint density at radius 1 is 1.25 bits per heavy atom. The SMILES string of the molecule is Clc1ccc(OCc2cc(CNC3CC3)co2)c(Cl)c1. The molecule has 0 radical (unpaired) electrons. The van der Waals surface area contributed by atoms with Crippen LogP contribution < -0.4 is 10.1 Å². The molecule has 0 amide bonds. The quantitative estimate of drug-likeness (QED) is 0.857. The summed E-state index contributed by atoms with van der Waals surface area (Å²) in [6, 6.07) is 7.85. The summed E-state index contributed by atoms with van der Waals surface area (Å²) in [5, 5.41) is 4.53. The molecule has 2 aromatic rings. The molecule has 1 aromatic heterocycles. The van der Waals surface area contributed by atoms with Gasteiger partial charge in [0.25, 0.3) is 0 Å². The Morgan fingerprint density at radius 3 is 2.85 bits per heavy atom. The van der Waals surface area contributed by atoms with E-state index in [0.29, 0.717) is 28.4 Å². The third kappa shape index (κ3) is 3.69. The van der Waals surface area contributed by atoms with Crippen LogP contribution in [-0.4, -0.2) is 6.04 Å². The van der Waals surface area contributed by atoms with Crippen molar-refractivity contribution in [2.24, 2.45) is 0 Å². The van der Waals surface area contributed by atoms with Gasteiger partial charge in [0, 0.05) is 23.2 Å². The highest BCUT2D eigenvalue weighted by molar-refractivity contribution is 6.35. The Hall–Kier alpha value is -1.16. The molecule has 1 aliphatic carbocycles. The number of hydrogen-bond donors (Lipinski definition) is 1. The summed E-state index contributed by atoms with van der Waals surface area (Å²) >= 11 is 11.9. The molecule has 106 valence electrons. The van der Waals surface area contributed by atoms with E-state index in [2.05, 4.69) is 5.32 Å². The topological polar surface area (TPSA) is 34.4 Å². The average Bonchev–Trinajstić information content (AvgIpc) is 3.14. The van der Waals surface area contributed by atoms with Gasteiger partial charge in [-0.25, -0.2) is 0 Å². The molecule has 0 bridgehead atoms. The maximum absolute atomic E-state index is 6.04. The summed E-state index contributed by atoms with van der Waals surface area (Å²) in [4.78, 5) is 0. The monoisotopic (exact) mass is 311 g/mol. The zero-order valence-electron chi connectivity index (χ0n) is 10.9. The maximum Gasteiger partial charge on any atom is 0.146 e. The summed E-state index contributed by atoms with van der Waals surface area (Å²) in [5.41, 5.74) is 1.14. The van der Waals surface area contributed by atoms with Crippen molar-refractivity contribution in [2.45, 2.75) is 32.0 Å². The smallest absolute Gasteiger partial charge is 0.146 e. The molecule has 0 unspecified atom stereocenters. The van der Waals surface area contributed by atoms with Crippen LogP contribution in [0.25, 0.3) is 0 Å². The van der Waals surface area contributed by atoms with Crippen molar-refractivity contribution < 1.29 is 9.15 Å². The molecule has 0 atom stereocenters. The molecule has 1 aliphatic rings. The van der Waals surface area contributed by atoms with Gasteiger partial charge in [0.05, 0.1) is 11.3 Å². The second kappa shape index (κ2) is 6.08. The number of furan rings is 1. The Bertz CT molecular complexity index is 593. The Morgan fingerprint density at radius 2 is 2.10 bits per heavy atom. The number of nitrogens with one attached hydrogen (secondary N) is 1. The predicted molar refractivity (Wildman–Crippen MR) is 79.4 cm³/mol. The summed E-state index contributed by atoms with van der Waals surface area (Å²) in [7, 11) is 0. The third-order valence-corrected chi connectivity index (χ3v) is 3.67. The maximum atomic E-state index is 6.04. The third-order valence-electron chi connectivity index (χ3n) is 3.14. The fraction of sp³-hybridized carbons (Fsp3) is 0.333. The van der Waals surface area contributed by atoms with Gasteiger partial charge in [-0.05, 0) is 37.1 Å². The van der Waals surface area contributed by atoms with Crippen molar-refractivity contribution in [3.63, 3.8) is 0 Å². The molecule has 3 rings (SSSR count). The molecular formula is C15H15Cl2NO2. The Balaban J connectivity index is 1.54. The first kappa shape index (κ1) is 13.8. The lowest BCUT2D eigenvalue weighted by atomic mass is 10.3. The summed E-state index contributed by atoms with van der Waals surface area (Å²) in [5.74, 6) is 1.38. The molecule has 0 spiro atoms. The second-order valence-corrected chi connectivity index (χ2v) is 5.78. The zero-order chi connectivity index (χ0) is 13.9. The van der Waals surface area contributed by atoms with Gasteiger partial charge < -0.3 is 14.5 Å². The van der Waals surface area contributed by atoms with E-state index in [1.807, 2.05) is 6.07 Å². The van der Waals surface area contributed by atoms with Crippen molar-refractivity contribution in [3.8, 4) is 5.75 Å². The van der Waals surface area contributed by atoms with Crippen LogP contribution in [0.15, 0.2) is 34.9 Å². The molecule has 0 saturated heterocycles. The van der Waals surface area contributed by atoms with Crippen molar-refractivity contribution in [3.05, 3.63) is 51.9 Å². The lowest BCUT2D eigenvalue weighted by Gasteiger charge is -2.06. The van der Waals surface area contributed by atoms with Gasteiger partial charge in [0.2, 0.25) is 0 Å². The molecule has 0 aliphatic heterocycles.